The van der Waals surface area contributed by atoms with Gasteiger partial charge in [0.15, 0.2) is 0 Å². The molecule has 1 heterocycles. The third kappa shape index (κ3) is 4.12. The number of piperidine rings is 1. The number of anilines is 1. The van der Waals surface area contributed by atoms with Crippen LogP contribution in [0, 0.1) is 6.92 Å². The molecule has 0 aromatic heterocycles. The van der Waals surface area contributed by atoms with Crippen LogP contribution in [0.2, 0.25) is 0 Å². The fourth-order valence-electron chi connectivity index (χ4n) is 2.57. The first-order chi connectivity index (χ1) is 9.56. The van der Waals surface area contributed by atoms with E-state index >= 15 is 0 Å². The van der Waals surface area contributed by atoms with Crippen molar-refractivity contribution in [2.75, 3.05) is 45.2 Å². The van der Waals surface area contributed by atoms with Gasteiger partial charge in [-0.25, -0.2) is 0 Å². The monoisotopic (exact) mass is 277 g/mol. The highest BCUT2D eigenvalue weighted by Gasteiger charge is 2.17. The first kappa shape index (κ1) is 15.1. The van der Waals surface area contributed by atoms with Gasteiger partial charge in [-0.3, -0.25) is 0 Å². The van der Waals surface area contributed by atoms with Gasteiger partial charge in [0.25, 0.3) is 0 Å². The molecule has 0 spiro atoms. The fourth-order valence-corrected chi connectivity index (χ4v) is 2.57. The zero-order valence-electron chi connectivity index (χ0n) is 12.9. The molecular weight excluding hydrogens is 250 g/mol. The Bertz CT molecular complexity index is 434. The SMILES string of the molecule is Cc1cc(N2CCCC(N)C2)ccc1OCCN(C)C. The van der Waals surface area contributed by atoms with E-state index in [1.807, 2.05) is 0 Å². The van der Waals surface area contributed by atoms with Crippen molar-refractivity contribution < 1.29 is 4.74 Å². The summed E-state index contributed by atoms with van der Waals surface area (Å²) < 4.78 is 5.83. The molecule has 1 aliphatic heterocycles. The van der Waals surface area contributed by atoms with Crippen LogP contribution >= 0.6 is 0 Å². The molecule has 1 aromatic rings. The number of nitrogens with zero attached hydrogens (tertiary/aromatic N) is 2. The first-order valence-corrected chi connectivity index (χ1v) is 7.45. The van der Waals surface area contributed by atoms with E-state index in [9.17, 15) is 0 Å². The van der Waals surface area contributed by atoms with Gasteiger partial charge >= 0.3 is 0 Å². The van der Waals surface area contributed by atoms with Gasteiger partial charge in [-0.1, -0.05) is 0 Å². The minimum Gasteiger partial charge on any atom is -0.492 e. The Balaban J connectivity index is 1.98. The second kappa shape index (κ2) is 6.95. The smallest absolute Gasteiger partial charge is 0.122 e. The minimum absolute atomic E-state index is 0.306. The molecule has 4 nitrogen and oxygen atoms in total. The van der Waals surface area contributed by atoms with Crippen LogP contribution in [0.5, 0.6) is 5.75 Å². The number of ether oxygens (including phenoxy) is 1. The molecule has 0 saturated carbocycles. The van der Waals surface area contributed by atoms with Crippen LogP contribution in [-0.2, 0) is 0 Å². The molecule has 4 heteroatoms. The van der Waals surface area contributed by atoms with Crippen molar-refractivity contribution in [2.45, 2.75) is 25.8 Å². The number of hydrogen-bond acceptors (Lipinski definition) is 4. The Morgan fingerprint density at radius 2 is 2.20 bits per heavy atom. The lowest BCUT2D eigenvalue weighted by molar-refractivity contribution is 0.260. The predicted molar refractivity (Wildman–Crippen MR) is 84.7 cm³/mol. The largest absolute Gasteiger partial charge is 0.492 e. The molecule has 112 valence electrons. The summed E-state index contributed by atoms with van der Waals surface area (Å²) in [7, 11) is 4.11. The second-order valence-electron chi connectivity index (χ2n) is 5.95. The number of aryl methyl sites for hydroxylation is 1. The number of likely N-dealkylation sites (N-methyl/N-ethyl adjacent to an activating group) is 1. The number of rotatable bonds is 5. The van der Waals surface area contributed by atoms with Crippen LogP contribution in [0.4, 0.5) is 5.69 Å². The van der Waals surface area contributed by atoms with Crippen molar-refractivity contribution in [3.63, 3.8) is 0 Å². The predicted octanol–water partition coefficient (Wildman–Crippen LogP) is 1.86. The van der Waals surface area contributed by atoms with Gasteiger partial charge in [-0.05, 0) is 57.6 Å². The highest BCUT2D eigenvalue weighted by Crippen LogP contribution is 2.26. The van der Waals surface area contributed by atoms with Gasteiger partial charge < -0.3 is 20.3 Å². The van der Waals surface area contributed by atoms with Crippen LogP contribution in [0.25, 0.3) is 0 Å². The average molecular weight is 277 g/mol. The van der Waals surface area contributed by atoms with Crippen molar-refractivity contribution in [3.8, 4) is 5.75 Å². The lowest BCUT2D eigenvalue weighted by Crippen LogP contribution is -2.42. The molecular formula is C16H27N3O. The minimum atomic E-state index is 0.306. The topological polar surface area (TPSA) is 41.7 Å². The van der Waals surface area contributed by atoms with Crippen molar-refractivity contribution >= 4 is 5.69 Å². The molecule has 1 atom stereocenters. The number of benzene rings is 1. The summed E-state index contributed by atoms with van der Waals surface area (Å²) in [4.78, 5) is 4.50. The van der Waals surface area contributed by atoms with E-state index < -0.39 is 0 Å². The van der Waals surface area contributed by atoms with Gasteiger partial charge in [0, 0.05) is 31.4 Å². The maximum absolute atomic E-state index is 6.05. The normalized spacial score (nSPS) is 19.4. The van der Waals surface area contributed by atoms with E-state index in [2.05, 4.69) is 49.0 Å². The van der Waals surface area contributed by atoms with E-state index in [1.54, 1.807) is 0 Å². The molecule has 0 amide bonds. The zero-order chi connectivity index (χ0) is 14.5. The van der Waals surface area contributed by atoms with E-state index in [-0.39, 0.29) is 0 Å². The van der Waals surface area contributed by atoms with Crippen molar-refractivity contribution in [3.05, 3.63) is 23.8 Å². The van der Waals surface area contributed by atoms with Crippen LogP contribution in [0.1, 0.15) is 18.4 Å². The Labute approximate surface area is 122 Å². The average Bonchev–Trinajstić information content (AvgIpc) is 2.40. The molecule has 1 aromatic carbocycles. The van der Waals surface area contributed by atoms with Crippen LogP contribution in [0.3, 0.4) is 0 Å². The van der Waals surface area contributed by atoms with E-state index in [0.717, 1.165) is 38.4 Å². The highest BCUT2D eigenvalue weighted by molar-refractivity contribution is 5.53. The summed E-state index contributed by atoms with van der Waals surface area (Å²) in [6, 6.07) is 6.75. The third-order valence-corrected chi connectivity index (χ3v) is 3.78. The number of hydrogen-bond donors (Lipinski definition) is 1. The first-order valence-electron chi connectivity index (χ1n) is 7.45. The standard InChI is InChI=1S/C16H27N3O/c1-13-11-15(19-8-4-5-14(17)12-19)6-7-16(13)20-10-9-18(2)3/h6-7,11,14H,4-5,8-10,12,17H2,1-3H3. The highest BCUT2D eigenvalue weighted by atomic mass is 16.5. The lowest BCUT2D eigenvalue weighted by atomic mass is 10.1. The van der Waals surface area contributed by atoms with E-state index in [0.29, 0.717) is 6.04 Å². The van der Waals surface area contributed by atoms with Crippen molar-refractivity contribution in [1.82, 2.24) is 4.90 Å². The van der Waals surface area contributed by atoms with Crippen LogP contribution < -0.4 is 15.4 Å². The van der Waals surface area contributed by atoms with Crippen LogP contribution in [-0.4, -0.2) is 51.3 Å². The molecule has 1 unspecified atom stereocenters. The molecule has 0 bridgehead atoms. The summed E-state index contributed by atoms with van der Waals surface area (Å²) in [6.45, 7) is 5.83. The van der Waals surface area contributed by atoms with Gasteiger partial charge in [-0.2, -0.15) is 0 Å². The second-order valence-corrected chi connectivity index (χ2v) is 5.95. The Kier molecular flexibility index (Phi) is 5.26. The lowest BCUT2D eigenvalue weighted by Gasteiger charge is -2.33. The zero-order valence-corrected chi connectivity index (χ0v) is 12.9. The van der Waals surface area contributed by atoms with E-state index in [4.69, 9.17) is 10.5 Å². The molecule has 1 fully saturated rings. The molecule has 1 aliphatic rings. The third-order valence-electron chi connectivity index (χ3n) is 3.78. The van der Waals surface area contributed by atoms with Crippen molar-refractivity contribution in [1.29, 1.82) is 0 Å². The quantitative estimate of drug-likeness (QED) is 0.892. The molecule has 1 saturated heterocycles. The Morgan fingerprint density at radius 1 is 1.40 bits per heavy atom. The maximum atomic E-state index is 6.05. The fraction of sp³-hybridized carbons (Fsp3) is 0.625. The summed E-state index contributed by atoms with van der Waals surface area (Å²) in [5.74, 6) is 0.983. The molecule has 0 aliphatic carbocycles. The Morgan fingerprint density at radius 3 is 2.85 bits per heavy atom. The van der Waals surface area contributed by atoms with Gasteiger partial charge in [-0.15, -0.1) is 0 Å². The number of nitrogens with two attached hydrogens (primary N) is 1. The Hall–Kier alpha value is -1.26. The van der Waals surface area contributed by atoms with Gasteiger partial charge in [0.1, 0.15) is 12.4 Å². The molecule has 2 N–H and O–H groups in total. The van der Waals surface area contributed by atoms with Crippen molar-refractivity contribution in [2.24, 2.45) is 5.73 Å². The summed E-state index contributed by atoms with van der Waals surface area (Å²) >= 11 is 0. The van der Waals surface area contributed by atoms with Gasteiger partial charge in [0.05, 0.1) is 0 Å². The van der Waals surface area contributed by atoms with E-state index in [1.165, 1.54) is 17.7 Å². The summed E-state index contributed by atoms with van der Waals surface area (Å²) in [5.41, 5.74) is 8.51. The molecule has 20 heavy (non-hydrogen) atoms. The van der Waals surface area contributed by atoms with Crippen LogP contribution in [0.15, 0.2) is 18.2 Å². The summed E-state index contributed by atoms with van der Waals surface area (Å²) in [6.07, 6.45) is 2.32. The maximum Gasteiger partial charge on any atom is 0.122 e. The molecule has 2 rings (SSSR count). The van der Waals surface area contributed by atoms with Gasteiger partial charge in [0.2, 0.25) is 0 Å². The molecule has 0 radical (unpaired) electrons. The summed E-state index contributed by atoms with van der Waals surface area (Å²) in [5, 5.41) is 0.